The molecule has 0 amide bonds. The van der Waals surface area contributed by atoms with Crippen molar-refractivity contribution >= 4 is 21.7 Å². The van der Waals surface area contributed by atoms with E-state index in [2.05, 4.69) is 39.2 Å². The van der Waals surface area contributed by atoms with E-state index in [-0.39, 0.29) is 0 Å². The van der Waals surface area contributed by atoms with Gasteiger partial charge in [0.2, 0.25) is 0 Å². The number of anilines is 1. The van der Waals surface area contributed by atoms with Gasteiger partial charge >= 0.3 is 0 Å². The molecule has 0 aromatic carbocycles. The van der Waals surface area contributed by atoms with Crippen molar-refractivity contribution < 1.29 is 4.74 Å². The number of hydrogen-bond donors (Lipinski definition) is 1. The molecule has 3 nitrogen and oxygen atoms in total. The largest absolute Gasteiger partial charge is 0.381 e. The summed E-state index contributed by atoms with van der Waals surface area (Å²) in [7, 11) is 0. The highest BCUT2D eigenvalue weighted by atomic mass is 79.9. The minimum Gasteiger partial charge on any atom is -0.381 e. The quantitative estimate of drug-likeness (QED) is 0.927. The molecule has 0 unspecified atom stereocenters. The number of hydrogen-bond acceptors (Lipinski definition) is 3. The van der Waals surface area contributed by atoms with Crippen LogP contribution in [0.1, 0.15) is 18.4 Å². The molecule has 1 fully saturated rings. The summed E-state index contributed by atoms with van der Waals surface area (Å²) >= 11 is 3.42. The van der Waals surface area contributed by atoms with Crippen LogP contribution in [-0.4, -0.2) is 24.7 Å². The molecule has 2 rings (SSSR count). The zero-order chi connectivity index (χ0) is 11.4. The summed E-state index contributed by atoms with van der Waals surface area (Å²) in [5.74, 6) is 1.72. The van der Waals surface area contributed by atoms with Crippen molar-refractivity contribution in [2.75, 3.05) is 25.1 Å². The fraction of sp³-hybridized carbons (Fsp3) is 0.583. The van der Waals surface area contributed by atoms with Crippen LogP contribution in [0.3, 0.4) is 0 Å². The predicted molar refractivity (Wildman–Crippen MR) is 68.7 cm³/mol. The molecule has 1 aromatic rings. The van der Waals surface area contributed by atoms with Crippen molar-refractivity contribution in [3.63, 3.8) is 0 Å². The Balaban J connectivity index is 1.88. The van der Waals surface area contributed by atoms with Gasteiger partial charge in [-0.15, -0.1) is 0 Å². The van der Waals surface area contributed by atoms with Gasteiger partial charge in [-0.3, -0.25) is 0 Å². The molecule has 1 saturated heterocycles. The summed E-state index contributed by atoms with van der Waals surface area (Å²) in [6.45, 7) is 4.88. The van der Waals surface area contributed by atoms with Crippen LogP contribution in [0.5, 0.6) is 0 Å². The van der Waals surface area contributed by atoms with Crippen LogP contribution < -0.4 is 5.32 Å². The molecule has 16 heavy (non-hydrogen) atoms. The standard InChI is InChI=1S/C12H17BrN2O/c1-9-6-11(13)8-15-12(9)14-7-10-2-4-16-5-3-10/h6,8,10H,2-5,7H2,1H3,(H,14,15). The van der Waals surface area contributed by atoms with Crippen LogP contribution in [0, 0.1) is 12.8 Å². The van der Waals surface area contributed by atoms with Gasteiger partial charge in [0, 0.05) is 30.4 Å². The lowest BCUT2D eigenvalue weighted by molar-refractivity contribution is 0.0699. The Hall–Kier alpha value is -0.610. The topological polar surface area (TPSA) is 34.2 Å². The third kappa shape index (κ3) is 3.19. The van der Waals surface area contributed by atoms with E-state index in [9.17, 15) is 0 Å². The first-order chi connectivity index (χ1) is 7.75. The van der Waals surface area contributed by atoms with Gasteiger partial charge in [0.05, 0.1) is 0 Å². The van der Waals surface area contributed by atoms with Gasteiger partial charge in [-0.2, -0.15) is 0 Å². The third-order valence-corrected chi connectivity index (χ3v) is 3.38. The molecule has 88 valence electrons. The first kappa shape index (κ1) is 11.9. The Morgan fingerprint density at radius 1 is 1.50 bits per heavy atom. The van der Waals surface area contributed by atoms with Crippen molar-refractivity contribution in [2.24, 2.45) is 5.92 Å². The fourth-order valence-corrected chi connectivity index (χ4v) is 2.36. The highest BCUT2D eigenvalue weighted by Gasteiger charge is 2.13. The number of pyridine rings is 1. The van der Waals surface area contributed by atoms with Crippen molar-refractivity contribution in [2.45, 2.75) is 19.8 Å². The van der Waals surface area contributed by atoms with E-state index < -0.39 is 0 Å². The number of rotatable bonds is 3. The van der Waals surface area contributed by atoms with Gasteiger partial charge in [-0.25, -0.2) is 4.98 Å². The molecule has 1 aliphatic heterocycles. The molecule has 0 aliphatic carbocycles. The lowest BCUT2D eigenvalue weighted by atomic mass is 10.0. The van der Waals surface area contributed by atoms with Gasteiger partial charge in [-0.1, -0.05) is 0 Å². The van der Waals surface area contributed by atoms with Crippen LogP contribution >= 0.6 is 15.9 Å². The highest BCUT2D eigenvalue weighted by Crippen LogP contribution is 2.19. The van der Waals surface area contributed by atoms with Crippen molar-refractivity contribution in [1.82, 2.24) is 4.98 Å². The van der Waals surface area contributed by atoms with E-state index in [0.29, 0.717) is 0 Å². The van der Waals surface area contributed by atoms with E-state index >= 15 is 0 Å². The maximum absolute atomic E-state index is 5.34. The minimum absolute atomic E-state index is 0.721. The Morgan fingerprint density at radius 3 is 2.94 bits per heavy atom. The average molecular weight is 285 g/mol. The second-order valence-electron chi connectivity index (χ2n) is 4.26. The minimum atomic E-state index is 0.721. The molecular weight excluding hydrogens is 268 g/mol. The SMILES string of the molecule is Cc1cc(Br)cnc1NCC1CCOCC1. The lowest BCUT2D eigenvalue weighted by Gasteiger charge is -2.22. The number of nitrogens with zero attached hydrogens (tertiary/aromatic N) is 1. The van der Waals surface area contributed by atoms with E-state index in [0.717, 1.165) is 48.8 Å². The predicted octanol–water partition coefficient (Wildman–Crippen LogP) is 2.99. The molecule has 1 aromatic heterocycles. The smallest absolute Gasteiger partial charge is 0.128 e. The van der Waals surface area contributed by atoms with Crippen LogP contribution in [0.2, 0.25) is 0 Å². The van der Waals surface area contributed by atoms with E-state index in [4.69, 9.17) is 4.74 Å². The van der Waals surface area contributed by atoms with Crippen LogP contribution in [-0.2, 0) is 4.74 Å². The van der Waals surface area contributed by atoms with Gasteiger partial charge in [0.1, 0.15) is 5.82 Å². The van der Waals surface area contributed by atoms with Gasteiger partial charge < -0.3 is 10.1 Å². The zero-order valence-electron chi connectivity index (χ0n) is 9.50. The number of nitrogens with one attached hydrogen (secondary N) is 1. The summed E-state index contributed by atoms with van der Waals surface area (Å²) in [4.78, 5) is 4.37. The highest BCUT2D eigenvalue weighted by molar-refractivity contribution is 9.10. The van der Waals surface area contributed by atoms with E-state index in [1.165, 1.54) is 5.56 Å². The second-order valence-corrected chi connectivity index (χ2v) is 5.17. The van der Waals surface area contributed by atoms with E-state index in [1.54, 1.807) is 0 Å². The molecule has 0 radical (unpaired) electrons. The average Bonchev–Trinajstić information content (AvgIpc) is 2.29. The fourth-order valence-electron chi connectivity index (χ4n) is 1.92. The van der Waals surface area contributed by atoms with Crippen molar-refractivity contribution in [3.8, 4) is 0 Å². The molecule has 2 heterocycles. The maximum Gasteiger partial charge on any atom is 0.128 e. The van der Waals surface area contributed by atoms with Gasteiger partial charge in [0.15, 0.2) is 0 Å². The molecule has 0 atom stereocenters. The normalized spacial score (nSPS) is 17.4. The molecule has 0 spiro atoms. The van der Waals surface area contributed by atoms with Gasteiger partial charge in [-0.05, 0) is 53.2 Å². The Bertz CT molecular complexity index is 351. The maximum atomic E-state index is 5.34. The third-order valence-electron chi connectivity index (χ3n) is 2.94. The Kier molecular flexibility index (Phi) is 4.18. The Labute approximate surface area is 105 Å². The van der Waals surface area contributed by atoms with Crippen LogP contribution in [0.4, 0.5) is 5.82 Å². The molecule has 4 heteroatoms. The molecular formula is C12H17BrN2O. The van der Waals surface area contributed by atoms with Crippen LogP contribution in [0.25, 0.3) is 0 Å². The summed E-state index contributed by atoms with van der Waals surface area (Å²) in [5, 5.41) is 3.42. The molecule has 0 saturated carbocycles. The number of ether oxygens (including phenoxy) is 1. The number of halogens is 1. The number of aryl methyl sites for hydroxylation is 1. The number of aromatic nitrogens is 1. The zero-order valence-corrected chi connectivity index (χ0v) is 11.1. The first-order valence-electron chi connectivity index (χ1n) is 5.69. The lowest BCUT2D eigenvalue weighted by Crippen LogP contribution is -2.23. The summed E-state index contributed by atoms with van der Waals surface area (Å²) in [6.07, 6.45) is 4.14. The summed E-state index contributed by atoms with van der Waals surface area (Å²) < 4.78 is 6.37. The first-order valence-corrected chi connectivity index (χ1v) is 6.49. The summed E-state index contributed by atoms with van der Waals surface area (Å²) in [5.41, 5.74) is 1.18. The molecule has 1 aliphatic rings. The van der Waals surface area contributed by atoms with E-state index in [1.807, 2.05) is 6.20 Å². The van der Waals surface area contributed by atoms with Crippen LogP contribution in [0.15, 0.2) is 16.7 Å². The van der Waals surface area contributed by atoms with Crippen molar-refractivity contribution in [1.29, 1.82) is 0 Å². The monoisotopic (exact) mass is 284 g/mol. The molecule has 0 bridgehead atoms. The Morgan fingerprint density at radius 2 is 2.25 bits per heavy atom. The molecule has 1 N–H and O–H groups in total. The summed E-state index contributed by atoms with van der Waals surface area (Å²) in [6, 6.07) is 2.08. The second kappa shape index (κ2) is 5.64. The van der Waals surface area contributed by atoms with Gasteiger partial charge in [0.25, 0.3) is 0 Å². The van der Waals surface area contributed by atoms with Crippen molar-refractivity contribution in [3.05, 3.63) is 22.3 Å².